The average Bonchev–Trinajstić information content (AvgIpc) is 3.04. The molecule has 3 aromatic carbocycles. The summed E-state index contributed by atoms with van der Waals surface area (Å²) in [6.45, 7) is 0.878. The van der Waals surface area contributed by atoms with Gasteiger partial charge in [-0.3, -0.25) is 9.69 Å². The average molecular weight is 427 g/mol. The normalized spacial score (nSPS) is 23.3. The number of benzene rings is 3. The third-order valence-electron chi connectivity index (χ3n) is 6.94. The van der Waals surface area contributed by atoms with E-state index in [1.165, 1.54) is 11.1 Å². The van der Waals surface area contributed by atoms with Crippen LogP contribution in [0.1, 0.15) is 42.9 Å². The topological polar surface area (TPSA) is 41.6 Å². The summed E-state index contributed by atoms with van der Waals surface area (Å²) in [6.07, 6.45) is 3.63. The second-order valence-corrected chi connectivity index (χ2v) is 8.87. The lowest BCUT2D eigenvalue weighted by atomic mass is 10.0. The molecule has 1 amide bonds. The number of para-hydroxylation sites is 1. The van der Waals surface area contributed by atoms with E-state index in [1.807, 2.05) is 18.2 Å². The van der Waals surface area contributed by atoms with Gasteiger partial charge in [0, 0.05) is 36.7 Å². The number of amides is 1. The largest absolute Gasteiger partial charge is 0.496 e. The Labute approximate surface area is 190 Å². The number of rotatable bonds is 5. The van der Waals surface area contributed by atoms with Crippen molar-refractivity contribution < 1.29 is 9.53 Å². The van der Waals surface area contributed by atoms with Gasteiger partial charge in [0.05, 0.1) is 7.11 Å². The number of likely N-dealkylation sites (tertiary alicyclic amines) is 1. The fourth-order valence-corrected chi connectivity index (χ4v) is 5.38. The Morgan fingerprint density at radius 2 is 1.72 bits per heavy atom. The van der Waals surface area contributed by atoms with Crippen LogP contribution in [0.4, 0.5) is 0 Å². The van der Waals surface area contributed by atoms with Crippen molar-refractivity contribution in [1.82, 2.24) is 10.2 Å². The van der Waals surface area contributed by atoms with Gasteiger partial charge in [-0.25, -0.2) is 0 Å². The lowest BCUT2D eigenvalue weighted by Gasteiger charge is -2.31. The lowest BCUT2D eigenvalue weighted by Crippen LogP contribution is -2.42. The molecule has 0 saturated carbocycles. The molecule has 0 aromatic heterocycles. The number of hydrogen-bond acceptors (Lipinski definition) is 3. The van der Waals surface area contributed by atoms with Gasteiger partial charge in [0.1, 0.15) is 5.75 Å². The van der Waals surface area contributed by atoms with E-state index in [9.17, 15) is 4.79 Å². The van der Waals surface area contributed by atoms with Gasteiger partial charge >= 0.3 is 0 Å². The second-order valence-electron chi connectivity index (χ2n) is 8.87. The maximum absolute atomic E-state index is 12.2. The van der Waals surface area contributed by atoms with Crippen LogP contribution in [0.3, 0.4) is 0 Å². The summed E-state index contributed by atoms with van der Waals surface area (Å²) in [5.74, 6) is 1.09. The van der Waals surface area contributed by atoms with Crippen LogP contribution in [0.5, 0.6) is 5.75 Å². The number of hydrogen-bond donors (Lipinski definition) is 1. The van der Waals surface area contributed by atoms with E-state index in [0.717, 1.165) is 42.7 Å². The SMILES string of the molecule is COc1ccccc1-c1ccc(CN2[C@@H](c3ccccc3)C[C@@H]3NC(=O)CCC[C@H]32)cc1. The Hall–Kier alpha value is -3.11. The minimum Gasteiger partial charge on any atom is -0.496 e. The summed E-state index contributed by atoms with van der Waals surface area (Å²) in [4.78, 5) is 14.8. The first kappa shape index (κ1) is 20.8. The van der Waals surface area contributed by atoms with Crippen LogP contribution in [0.15, 0.2) is 78.9 Å². The lowest BCUT2D eigenvalue weighted by molar-refractivity contribution is -0.121. The maximum Gasteiger partial charge on any atom is 0.220 e. The van der Waals surface area contributed by atoms with E-state index in [1.54, 1.807) is 7.11 Å². The third kappa shape index (κ3) is 4.15. The van der Waals surface area contributed by atoms with Gasteiger partial charge < -0.3 is 10.1 Å². The van der Waals surface area contributed by atoms with Crippen molar-refractivity contribution in [2.75, 3.05) is 7.11 Å². The molecule has 3 aromatic rings. The van der Waals surface area contributed by atoms with Crippen molar-refractivity contribution in [3.63, 3.8) is 0 Å². The molecule has 2 fully saturated rings. The summed E-state index contributed by atoms with van der Waals surface area (Å²) in [5.41, 5.74) is 4.89. The highest BCUT2D eigenvalue weighted by Crippen LogP contribution is 2.40. The van der Waals surface area contributed by atoms with E-state index in [-0.39, 0.29) is 11.9 Å². The number of nitrogens with zero attached hydrogens (tertiary/aromatic N) is 1. The number of carbonyl (C=O) groups excluding carboxylic acids is 1. The number of methoxy groups -OCH3 is 1. The van der Waals surface area contributed by atoms with Crippen LogP contribution in [-0.4, -0.2) is 30.0 Å². The number of fused-ring (bicyclic) bond motifs is 1. The highest BCUT2D eigenvalue weighted by atomic mass is 16.5. The number of carbonyl (C=O) groups is 1. The molecule has 164 valence electrons. The summed E-state index contributed by atoms with van der Waals surface area (Å²) < 4.78 is 5.54. The Morgan fingerprint density at radius 1 is 0.969 bits per heavy atom. The molecule has 0 spiro atoms. The molecule has 2 heterocycles. The van der Waals surface area contributed by atoms with Crippen LogP contribution in [-0.2, 0) is 11.3 Å². The molecule has 0 aliphatic carbocycles. The standard InChI is InChI=1S/C28H30N2O2/c1-32-27-12-6-5-10-23(27)21-16-14-20(15-17-21)19-30-25-11-7-13-28(31)29-24(25)18-26(30)22-8-3-2-4-9-22/h2-6,8-10,12,14-17,24-26H,7,11,13,18-19H2,1H3,(H,29,31)/t24-,25+,26+/m0/s1. The molecular weight excluding hydrogens is 396 g/mol. The van der Waals surface area contributed by atoms with E-state index >= 15 is 0 Å². The van der Waals surface area contributed by atoms with E-state index in [4.69, 9.17) is 4.74 Å². The van der Waals surface area contributed by atoms with Crippen molar-refractivity contribution in [3.8, 4) is 16.9 Å². The molecule has 0 bridgehead atoms. The Morgan fingerprint density at radius 3 is 2.50 bits per heavy atom. The summed E-state index contributed by atoms with van der Waals surface area (Å²) in [7, 11) is 1.71. The molecule has 2 saturated heterocycles. The molecule has 4 heteroatoms. The molecule has 2 aliphatic heterocycles. The molecule has 2 aliphatic rings. The molecule has 5 rings (SSSR count). The van der Waals surface area contributed by atoms with Crippen LogP contribution in [0, 0.1) is 0 Å². The Kier molecular flexibility index (Phi) is 5.95. The molecule has 4 nitrogen and oxygen atoms in total. The Balaban J connectivity index is 1.42. The predicted molar refractivity (Wildman–Crippen MR) is 127 cm³/mol. The molecule has 0 radical (unpaired) electrons. The van der Waals surface area contributed by atoms with Gasteiger partial charge in [-0.2, -0.15) is 0 Å². The number of nitrogens with one attached hydrogen (secondary N) is 1. The van der Waals surface area contributed by atoms with Gasteiger partial charge in [-0.1, -0.05) is 72.8 Å². The first-order valence-electron chi connectivity index (χ1n) is 11.6. The quantitative estimate of drug-likeness (QED) is 0.598. The van der Waals surface area contributed by atoms with Gasteiger partial charge in [-0.15, -0.1) is 0 Å². The first-order chi connectivity index (χ1) is 15.7. The zero-order chi connectivity index (χ0) is 21.9. The van der Waals surface area contributed by atoms with Crippen molar-refractivity contribution in [1.29, 1.82) is 0 Å². The zero-order valence-electron chi connectivity index (χ0n) is 18.5. The van der Waals surface area contributed by atoms with Crippen molar-refractivity contribution in [2.45, 2.75) is 50.4 Å². The number of ether oxygens (including phenoxy) is 1. The van der Waals surface area contributed by atoms with E-state index in [0.29, 0.717) is 18.5 Å². The van der Waals surface area contributed by atoms with Crippen LogP contribution < -0.4 is 10.1 Å². The summed E-state index contributed by atoms with van der Waals surface area (Å²) >= 11 is 0. The fourth-order valence-electron chi connectivity index (χ4n) is 5.38. The fraction of sp³-hybridized carbons (Fsp3) is 0.321. The van der Waals surface area contributed by atoms with Crippen LogP contribution in [0.25, 0.3) is 11.1 Å². The van der Waals surface area contributed by atoms with Gasteiger partial charge in [0.2, 0.25) is 5.91 Å². The van der Waals surface area contributed by atoms with Crippen LogP contribution in [0.2, 0.25) is 0 Å². The monoisotopic (exact) mass is 426 g/mol. The Bertz CT molecular complexity index is 1060. The minimum absolute atomic E-state index is 0.201. The highest BCUT2D eigenvalue weighted by molar-refractivity contribution is 5.76. The van der Waals surface area contributed by atoms with Crippen molar-refractivity contribution >= 4 is 5.91 Å². The molecule has 3 atom stereocenters. The minimum atomic E-state index is 0.201. The van der Waals surface area contributed by atoms with E-state index < -0.39 is 0 Å². The van der Waals surface area contributed by atoms with Gasteiger partial charge in [0.15, 0.2) is 0 Å². The first-order valence-corrected chi connectivity index (χ1v) is 11.6. The summed E-state index contributed by atoms with van der Waals surface area (Å²) in [5, 5.41) is 3.31. The van der Waals surface area contributed by atoms with Gasteiger partial charge in [-0.05, 0) is 42.0 Å². The maximum atomic E-state index is 12.2. The molecule has 32 heavy (non-hydrogen) atoms. The third-order valence-corrected chi connectivity index (χ3v) is 6.94. The highest BCUT2D eigenvalue weighted by Gasteiger charge is 2.43. The van der Waals surface area contributed by atoms with Crippen molar-refractivity contribution in [3.05, 3.63) is 90.0 Å². The molecule has 1 N–H and O–H groups in total. The van der Waals surface area contributed by atoms with Crippen molar-refractivity contribution in [2.24, 2.45) is 0 Å². The molecular formula is C28H30N2O2. The van der Waals surface area contributed by atoms with Gasteiger partial charge in [0.25, 0.3) is 0 Å². The summed E-state index contributed by atoms with van der Waals surface area (Å²) in [6, 6.07) is 28.6. The van der Waals surface area contributed by atoms with E-state index in [2.05, 4.69) is 70.9 Å². The zero-order valence-corrected chi connectivity index (χ0v) is 18.5. The van der Waals surface area contributed by atoms with Crippen LogP contribution >= 0.6 is 0 Å². The molecule has 0 unspecified atom stereocenters. The smallest absolute Gasteiger partial charge is 0.220 e. The second kappa shape index (κ2) is 9.17. The predicted octanol–water partition coefficient (Wildman–Crippen LogP) is 5.35.